The molecule has 1 nitrogen and oxygen atoms in total. The van der Waals surface area contributed by atoms with Crippen LogP contribution in [0.3, 0.4) is 0 Å². The smallest absolute Gasteiger partial charge is 0.130 e. The molecule has 0 radical (unpaired) electrons. The third-order valence-electron chi connectivity index (χ3n) is 2.63. The van der Waals surface area contributed by atoms with Crippen molar-refractivity contribution >= 4 is 52.4 Å². The summed E-state index contributed by atoms with van der Waals surface area (Å²) < 4.78 is 0.610. The van der Waals surface area contributed by atoms with Crippen molar-refractivity contribution in [3.63, 3.8) is 0 Å². The quantitative estimate of drug-likeness (QED) is 0.571. The average molecular weight is 396 g/mol. The third kappa shape index (κ3) is 1.75. The predicted octanol–water partition coefficient (Wildman–Crippen LogP) is 4.56. The Bertz CT molecular complexity index is 435. The van der Waals surface area contributed by atoms with E-state index in [0.29, 0.717) is 0 Å². The van der Waals surface area contributed by atoms with Crippen molar-refractivity contribution < 1.29 is 0 Å². The van der Waals surface area contributed by atoms with Gasteiger partial charge in [0.15, 0.2) is 0 Å². The average Bonchev–Trinajstić information content (AvgIpc) is 2.15. The van der Waals surface area contributed by atoms with Gasteiger partial charge in [0.1, 0.15) is 7.85 Å². The van der Waals surface area contributed by atoms with Gasteiger partial charge in [0.2, 0.25) is 0 Å². The van der Waals surface area contributed by atoms with Crippen molar-refractivity contribution in [2.24, 2.45) is 4.99 Å². The molecule has 0 amide bonds. The predicted molar refractivity (Wildman–Crippen MR) is 75.5 cm³/mol. The molecule has 1 aliphatic heterocycles. The molecule has 0 bridgehead atoms. The Balaban J connectivity index is 2.73. The molecule has 0 aromatic heterocycles. The Hall–Kier alpha value is 0.330. The van der Waals surface area contributed by atoms with E-state index in [-0.39, 0.29) is 8.77 Å². The van der Waals surface area contributed by atoms with Gasteiger partial charge in [0, 0.05) is 5.56 Å². The molecule has 1 aromatic rings. The Morgan fingerprint density at radius 3 is 2.40 bits per heavy atom. The summed E-state index contributed by atoms with van der Waals surface area (Å²) >= 11 is 11.0. The highest BCUT2D eigenvalue weighted by Gasteiger charge is 2.46. The minimum Gasteiger partial charge on any atom is -0.268 e. The number of nitrogens with zero attached hydrogens (tertiary/aromatic N) is 1. The van der Waals surface area contributed by atoms with Gasteiger partial charge in [-0.25, -0.2) is 0 Å². The zero-order valence-corrected chi connectivity index (χ0v) is 13.1. The van der Waals surface area contributed by atoms with Crippen molar-refractivity contribution in [3.05, 3.63) is 35.4 Å². The lowest BCUT2D eigenvalue weighted by Gasteiger charge is -2.39. The minimum absolute atomic E-state index is 0.236. The van der Waals surface area contributed by atoms with E-state index in [0.717, 1.165) is 10.2 Å². The molecule has 0 fully saturated rings. The highest BCUT2D eigenvalue weighted by Crippen LogP contribution is 2.53. The number of alkyl halides is 2. The van der Waals surface area contributed by atoms with E-state index in [1.807, 2.05) is 12.1 Å². The summed E-state index contributed by atoms with van der Waals surface area (Å²) in [6, 6.07) is 8.23. The Morgan fingerprint density at radius 2 is 1.73 bits per heavy atom. The second-order valence-corrected chi connectivity index (χ2v) is 8.28. The molecule has 0 spiro atoms. The van der Waals surface area contributed by atoms with Crippen LogP contribution in [-0.4, -0.2) is 10.2 Å². The normalized spacial score (nSPS) is 21.8. The molecule has 4 heteroatoms. The van der Waals surface area contributed by atoms with Crippen LogP contribution in [0.15, 0.2) is 29.3 Å². The fourth-order valence-electron chi connectivity index (χ4n) is 1.64. The summed E-state index contributed by atoms with van der Waals surface area (Å²) in [6.07, 6.45) is 0. The van der Waals surface area contributed by atoms with Crippen LogP contribution in [-0.2, 0) is 3.23 Å². The van der Waals surface area contributed by atoms with E-state index in [4.69, 9.17) is 0 Å². The van der Waals surface area contributed by atoms with Crippen molar-refractivity contribution in [2.75, 3.05) is 0 Å². The lowest BCUT2D eigenvalue weighted by Crippen LogP contribution is -2.40. The molecule has 0 saturated heterocycles. The molecule has 15 heavy (non-hydrogen) atoms. The molecular weight excluding hydrogens is 386 g/mol. The second kappa shape index (κ2) is 3.67. The Kier molecular flexibility index (Phi) is 2.89. The van der Waals surface area contributed by atoms with Crippen LogP contribution in [0.5, 0.6) is 0 Å². The fourth-order valence-corrected chi connectivity index (χ4v) is 3.30. The molecule has 0 unspecified atom stereocenters. The molecule has 1 aliphatic rings. The first kappa shape index (κ1) is 11.8. The Morgan fingerprint density at radius 1 is 1.13 bits per heavy atom. The number of fused-ring (bicyclic) bond motifs is 1. The van der Waals surface area contributed by atoms with Crippen molar-refractivity contribution in [3.8, 4) is 0 Å². The van der Waals surface area contributed by atoms with Crippen LogP contribution in [0.25, 0.3) is 0 Å². The molecule has 0 saturated carbocycles. The van der Waals surface area contributed by atoms with Gasteiger partial charge in [-0.3, -0.25) is 4.99 Å². The van der Waals surface area contributed by atoms with E-state index in [2.05, 4.69) is 78.8 Å². The highest BCUT2D eigenvalue weighted by atomic mass is 79.9. The lowest BCUT2D eigenvalue weighted by molar-refractivity contribution is 0.487. The summed E-state index contributed by atoms with van der Waals surface area (Å²) in [4.78, 5) is 4.65. The molecule has 0 atom stereocenters. The van der Waals surface area contributed by atoms with Gasteiger partial charge in [0.25, 0.3) is 0 Å². The minimum atomic E-state index is -0.305. The zero-order chi connectivity index (χ0) is 11.3. The third-order valence-corrected chi connectivity index (χ3v) is 6.03. The standard InChI is InChI=1S/C11H10Br3N/c1-10(2)11(13,14)8-6-4-3-5-7(8)9(12)15-10/h3-6H,1-2H3. The fraction of sp³-hybridized carbons (Fsp3) is 0.364. The summed E-state index contributed by atoms with van der Waals surface area (Å²) in [5, 5.41) is 0. The Labute approximate surface area is 115 Å². The SMILES string of the molecule is CC1(C)N=C(Br)c2ccccc2C1(Br)Br. The summed E-state index contributed by atoms with van der Waals surface area (Å²) in [7, 11) is 0. The van der Waals surface area contributed by atoms with Gasteiger partial charge in [-0.2, -0.15) is 0 Å². The first-order valence-electron chi connectivity index (χ1n) is 4.59. The molecule has 80 valence electrons. The van der Waals surface area contributed by atoms with Crippen molar-refractivity contribution in [2.45, 2.75) is 22.6 Å². The van der Waals surface area contributed by atoms with E-state index < -0.39 is 0 Å². The highest BCUT2D eigenvalue weighted by molar-refractivity contribution is 9.25. The van der Waals surface area contributed by atoms with Gasteiger partial charge in [-0.05, 0) is 35.3 Å². The second-order valence-electron chi connectivity index (χ2n) is 4.08. The van der Waals surface area contributed by atoms with E-state index in [1.54, 1.807) is 0 Å². The van der Waals surface area contributed by atoms with Crippen LogP contribution in [0.2, 0.25) is 0 Å². The van der Waals surface area contributed by atoms with E-state index in [1.165, 1.54) is 5.56 Å². The maximum atomic E-state index is 4.65. The summed E-state index contributed by atoms with van der Waals surface area (Å²) in [5.74, 6) is 0. The molecule has 1 heterocycles. The topological polar surface area (TPSA) is 12.4 Å². The van der Waals surface area contributed by atoms with Gasteiger partial charge in [-0.15, -0.1) is 0 Å². The summed E-state index contributed by atoms with van der Waals surface area (Å²) in [6.45, 7) is 4.18. The van der Waals surface area contributed by atoms with E-state index >= 15 is 0 Å². The maximum absolute atomic E-state index is 4.65. The number of hydrogen-bond donors (Lipinski definition) is 0. The molecular formula is C11H10Br3N. The van der Waals surface area contributed by atoms with Crippen LogP contribution in [0.1, 0.15) is 25.0 Å². The number of aliphatic imine (C=N–C) groups is 1. The van der Waals surface area contributed by atoms with Crippen LogP contribution < -0.4 is 0 Å². The van der Waals surface area contributed by atoms with Gasteiger partial charge >= 0.3 is 0 Å². The number of halogens is 3. The first-order valence-corrected chi connectivity index (χ1v) is 6.97. The monoisotopic (exact) mass is 393 g/mol. The first-order chi connectivity index (χ1) is 6.86. The van der Waals surface area contributed by atoms with Gasteiger partial charge in [-0.1, -0.05) is 56.1 Å². The van der Waals surface area contributed by atoms with Crippen LogP contribution >= 0.6 is 47.8 Å². The number of rotatable bonds is 0. The maximum Gasteiger partial charge on any atom is 0.130 e. The van der Waals surface area contributed by atoms with E-state index in [9.17, 15) is 0 Å². The molecule has 1 aromatic carbocycles. The number of hydrogen-bond acceptors (Lipinski definition) is 1. The van der Waals surface area contributed by atoms with Crippen LogP contribution in [0.4, 0.5) is 0 Å². The molecule has 0 N–H and O–H groups in total. The lowest BCUT2D eigenvalue weighted by atomic mass is 9.89. The van der Waals surface area contributed by atoms with Crippen LogP contribution in [0, 0.1) is 0 Å². The largest absolute Gasteiger partial charge is 0.268 e. The molecule has 2 rings (SSSR count). The molecule has 0 aliphatic carbocycles. The van der Waals surface area contributed by atoms with Gasteiger partial charge in [0.05, 0.1) is 5.54 Å². The van der Waals surface area contributed by atoms with Crippen molar-refractivity contribution in [1.29, 1.82) is 0 Å². The van der Waals surface area contributed by atoms with Gasteiger partial charge < -0.3 is 0 Å². The zero-order valence-electron chi connectivity index (χ0n) is 8.39. The van der Waals surface area contributed by atoms with Crippen molar-refractivity contribution in [1.82, 2.24) is 0 Å². The summed E-state index contributed by atoms with van der Waals surface area (Å²) in [5.41, 5.74) is 2.10. The number of benzene rings is 1.